The number of ether oxygens (including phenoxy) is 1. The molecule has 3 aromatic rings. The second-order valence-electron chi connectivity index (χ2n) is 5.89. The molecule has 0 radical (unpaired) electrons. The van der Waals surface area contributed by atoms with Crippen LogP contribution in [0.4, 0.5) is 15.8 Å². The zero-order valence-corrected chi connectivity index (χ0v) is 14.9. The minimum atomic E-state index is -0.349. The molecule has 0 spiro atoms. The smallest absolute Gasteiger partial charge is 0.269 e. The molecule has 27 heavy (non-hydrogen) atoms. The lowest BCUT2D eigenvalue weighted by Crippen LogP contribution is -2.26. The van der Waals surface area contributed by atoms with Crippen LogP contribution in [0.5, 0.6) is 5.75 Å². The van der Waals surface area contributed by atoms with Gasteiger partial charge < -0.3 is 15.4 Å². The third kappa shape index (κ3) is 5.04. The van der Waals surface area contributed by atoms with Gasteiger partial charge in [0.1, 0.15) is 17.3 Å². The molecule has 2 N–H and O–H groups in total. The van der Waals surface area contributed by atoms with E-state index in [1.54, 1.807) is 37.4 Å². The van der Waals surface area contributed by atoms with Crippen LogP contribution in [-0.2, 0) is 6.42 Å². The Hall–Kier alpha value is -3.41. The number of aromatic nitrogens is 1. The maximum Gasteiger partial charge on any atom is 0.269 e. The lowest BCUT2D eigenvalue weighted by atomic mass is 10.1. The van der Waals surface area contributed by atoms with Crippen molar-refractivity contribution < 1.29 is 13.9 Å². The van der Waals surface area contributed by atoms with E-state index in [2.05, 4.69) is 15.6 Å². The highest BCUT2D eigenvalue weighted by atomic mass is 19.1. The number of anilines is 2. The zero-order chi connectivity index (χ0) is 19.1. The monoisotopic (exact) mass is 365 g/mol. The highest BCUT2D eigenvalue weighted by Gasteiger charge is 2.07. The van der Waals surface area contributed by atoms with E-state index in [1.165, 1.54) is 12.3 Å². The van der Waals surface area contributed by atoms with Crippen molar-refractivity contribution in [3.63, 3.8) is 0 Å². The molecule has 0 atom stereocenters. The number of para-hydroxylation sites is 1. The van der Waals surface area contributed by atoms with Gasteiger partial charge in [0.2, 0.25) is 0 Å². The number of rotatable bonds is 7. The van der Waals surface area contributed by atoms with Gasteiger partial charge in [-0.2, -0.15) is 0 Å². The molecule has 138 valence electrons. The molecule has 0 aliphatic rings. The van der Waals surface area contributed by atoms with Crippen LogP contribution in [0.15, 0.2) is 66.9 Å². The lowest BCUT2D eigenvalue weighted by Gasteiger charge is -2.08. The Morgan fingerprint density at radius 1 is 1.07 bits per heavy atom. The number of hydrogen-bond donors (Lipinski definition) is 2. The van der Waals surface area contributed by atoms with Gasteiger partial charge in [0.25, 0.3) is 5.91 Å². The fourth-order valence-electron chi connectivity index (χ4n) is 2.52. The highest BCUT2D eigenvalue weighted by molar-refractivity contribution is 5.92. The third-order valence-electron chi connectivity index (χ3n) is 4.01. The highest BCUT2D eigenvalue weighted by Crippen LogP contribution is 2.18. The van der Waals surface area contributed by atoms with Crippen LogP contribution in [0.25, 0.3) is 0 Å². The number of amides is 1. The quantitative estimate of drug-likeness (QED) is 0.666. The van der Waals surface area contributed by atoms with Gasteiger partial charge in [-0.15, -0.1) is 0 Å². The van der Waals surface area contributed by atoms with Crippen molar-refractivity contribution in [2.45, 2.75) is 6.42 Å². The van der Waals surface area contributed by atoms with Gasteiger partial charge in [0, 0.05) is 6.54 Å². The summed E-state index contributed by atoms with van der Waals surface area (Å²) in [5.41, 5.74) is 2.38. The van der Waals surface area contributed by atoms with Crippen LogP contribution >= 0.6 is 0 Å². The summed E-state index contributed by atoms with van der Waals surface area (Å²) in [5.74, 6) is 0.204. The summed E-state index contributed by atoms with van der Waals surface area (Å²) in [6, 6.07) is 17.4. The molecule has 6 heteroatoms. The molecule has 1 amide bonds. The Balaban J connectivity index is 1.52. The SMILES string of the molecule is COc1ccc(CCNC(=O)c2ccc(Nc3ccccc3F)cn2)cc1. The van der Waals surface area contributed by atoms with E-state index in [4.69, 9.17) is 4.74 Å². The summed E-state index contributed by atoms with van der Waals surface area (Å²) in [6.45, 7) is 0.502. The van der Waals surface area contributed by atoms with Crippen LogP contribution in [0.3, 0.4) is 0 Å². The second kappa shape index (κ2) is 8.80. The average Bonchev–Trinajstić information content (AvgIpc) is 2.71. The first kappa shape index (κ1) is 18.4. The molecule has 1 aromatic heterocycles. The van der Waals surface area contributed by atoms with E-state index >= 15 is 0 Å². The maximum absolute atomic E-state index is 13.7. The van der Waals surface area contributed by atoms with Crippen molar-refractivity contribution in [2.24, 2.45) is 0 Å². The molecule has 0 aliphatic carbocycles. The number of carbonyl (C=O) groups excluding carboxylic acids is 1. The van der Waals surface area contributed by atoms with Crippen molar-refractivity contribution in [3.8, 4) is 5.75 Å². The Kier molecular flexibility index (Phi) is 5.99. The second-order valence-corrected chi connectivity index (χ2v) is 5.89. The topological polar surface area (TPSA) is 63.2 Å². The van der Waals surface area contributed by atoms with E-state index in [-0.39, 0.29) is 11.7 Å². The van der Waals surface area contributed by atoms with E-state index in [9.17, 15) is 9.18 Å². The van der Waals surface area contributed by atoms with Gasteiger partial charge in [-0.1, -0.05) is 24.3 Å². The van der Waals surface area contributed by atoms with Crippen LogP contribution in [0.2, 0.25) is 0 Å². The zero-order valence-electron chi connectivity index (χ0n) is 14.9. The van der Waals surface area contributed by atoms with Crippen LogP contribution in [0.1, 0.15) is 16.1 Å². The first-order chi connectivity index (χ1) is 13.2. The molecule has 1 heterocycles. The Morgan fingerprint density at radius 2 is 1.85 bits per heavy atom. The predicted molar refractivity (Wildman–Crippen MR) is 103 cm³/mol. The average molecular weight is 365 g/mol. The maximum atomic E-state index is 13.7. The number of benzene rings is 2. The van der Waals surface area contributed by atoms with Crippen molar-refractivity contribution in [3.05, 3.63) is 83.9 Å². The fraction of sp³-hybridized carbons (Fsp3) is 0.143. The molecule has 0 fully saturated rings. The van der Waals surface area contributed by atoms with E-state index < -0.39 is 0 Å². The minimum Gasteiger partial charge on any atom is -0.497 e. The standard InChI is InChI=1S/C21H20FN3O2/c1-27-17-9-6-15(7-10-17)12-13-23-21(26)20-11-8-16(14-24-20)25-19-5-3-2-4-18(19)22/h2-11,14,25H,12-13H2,1H3,(H,23,26). The first-order valence-corrected chi connectivity index (χ1v) is 8.54. The molecule has 5 nitrogen and oxygen atoms in total. The fourth-order valence-corrected chi connectivity index (χ4v) is 2.52. The third-order valence-corrected chi connectivity index (χ3v) is 4.01. The van der Waals surface area contributed by atoms with Crippen molar-refractivity contribution >= 4 is 17.3 Å². The molecule has 3 rings (SSSR count). The van der Waals surface area contributed by atoms with Gasteiger partial charge >= 0.3 is 0 Å². The van der Waals surface area contributed by atoms with Gasteiger partial charge in [-0.05, 0) is 48.4 Å². The van der Waals surface area contributed by atoms with Gasteiger partial charge in [-0.25, -0.2) is 9.37 Å². The lowest BCUT2D eigenvalue weighted by molar-refractivity contribution is 0.0949. The van der Waals surface area contributed by atoms with Crippen molar-refractivity contribution in [1.82, 2.24) is 10.3 Å². The number of pyridine rings is 1. The molecule has 0 saturated carbocycles. The Morgan fingerprint density at radius 3 is 2.52 bits per heavy atom. The summed E-state index contributed by atoms with van der Waals surface area (Å²) < 4.78 is 18.8. The predicted octanol–water partition coefficient (Wildman–Crippen LogP) is 3.95. The van der Waals surface area contributed by atoms with E-state index in [0.29, 0.717) is 30.0 Å². The molecule has 0 bridgehead atoms. The summed E-state index contributed by atoms with van der Waals surface area (Å²) >= 11 is 0. The number of methoxy groups -OCH3 is 1. The summed E-state index contributed by atoms with van der Waals surface area (Å²) in [5, 5.41) is 5.77. The van der Waals surface area contributed by atoms with E-state index in [0.717, 1.165) is 11.3 Å². The molecule has 0 saturated heterocycles. The van der Waals surface area contributed by atoms with Crippen LogP contribution in [-0.4, -0.2) is 24.5 Å². The van der Waals surface area contributed by atoms with Gasteiger partial charge in [-0.3, -0.25) is 4.79 Å². The summed E-state index contributed by atoms with van der Waals surface area (Å²) in [4.78, 5) is 16.3. The number of nitrogens with zero attached hydrogens (tertiary/aromatic N) is 1. The summed E-state index contributed by atoms with van der Waals surface area (Å²) in [6.07, 6.45) is 2.22. The summed E-state index contributed by atoms with van der Waals surface area (Å²) in [7, 11) is 1.62. The minimum absolute atomic E-state index is 0.249. The van der Waals surface area contributed by atoms with Gasteiger partial charge in [0.15, 0.2) is 0 Å². The first-order valence-electron chi connectivity index (χ1n) is 8.54. The van der Waals surface area contributed by atoms with Crippen LogP contribution < -0.4 is 15.4 Å². The largest absolute Gasteiger partial charge is 0.497 e. The number of hydrogen-bond acceptors (Lipinski definition) is 4. The van der Waals surface area contributed by atoms with Gasteiger partial charge in [0.05, 0.1) is 24.7 Å². The molecule has 2 aromatic carbocycles. The van der Waals surface area contributed by atoms with E-state index in [1.807, 2.05) is 24.3 Å². The number of carbonyl (C=O) groups is 1. The normalized spacial score (nSPS) is 10.3. The number of halogens is 1. The number of nitrogens with one attached hydrogen (secondary N) is 2. The Bertz CT molecular complexity index is 896. The molecule has 0 unspecified atom stereocenters. The molecular weight excluding hydrogens is 345 g/mol. The molecule has 0 aliphatic heterocycles. The van der Waals surface area contributed by atoms with Crippen LogP contribution in [0, 0.1) is 5.82 Å². The molecular formula is C21H20FN3O2. The Labute approximate surface area is 157 Å². The van der Waals surface area contributed by atoms with Crippen molar-refractivity contribution in [1.29, 1.82) is 0 Å². The van der Waals surface area contributed by atoms with Crippen molar-refractivity contribution in [2.75, 3.05) is 19.0 Å².